The van der Waals surface area contributed by atoms with E-state index in [1.54, 1.807) is 18.2 Å². The van der Waals surface area contributed by atoms with Crippen LogP contribution in [0.4, 0.5) is 10.5 Å². The number of carboxylic acids is 1. The van der Waals surface area contributed by atoms with Gasteiger partial charge in [-0.1, -0.05) is 41.4 Å². The van der Waals surface area contributed by atoms with Crippen LogP contribution < -0.4 is 10.2 Å². The number of halogens is 2. The number of anilines is 1. The van der Waals surface area contributed by atoms with E-state index >= 15 is 0 Å². The molecule has 13 heteroatoms. The molecule has 1 aromatic heterocycles. The summed E-state index contributed by atoms with van der Waals surface area (Å²) in [5, 5.41) is 24.2. The number of benzene rings is 2. The minimum Gasteiger partial charge on any atom is -0.481 e. The van der Waals surface area contributed by atoms with Gasteiger partial charge in [-0.3, -0.25) is 9.59 Å². The first-order chi connectivity index (χ1) is 17.6. The number of aromatic nitrogens is 4. The van der Waals surface area contributed by atoms with E-state index in [0.29, 0.717) is 22.0 Å². The third-order valence-electron chi connectivity index (χ3n) is 5.32. The molecule has 1 heterocycles. The van der Waals surface area contributed by atoms with Crippen molar-refractivity contribution in [3.63, 3.8) is 0 Å². The third-order valence-corrected chi connectivity index (χ3v) is 6.03. The van der Waals surface area contributed by atoms with E-state index in [-0.39, 0.29) is 18.9 Å². The van der Waals surface area contributed by atoms with Crippen LogP contribution in [-0.4, -0.2) is 69.9 Å². The summed E-state index contributed by atoms with van der Waals surface area (Å²) in [5.74, 6) is -1.62. The molecule has 0 spiro atoms. The van der Waals surface area contributed by atoms with Crippen LogP contribution in [-0.2, 0) is 33.7 Å². The van der Waals surface area contributed by atoms with Crippen molar-refractivity contribution in [3.8, 4) is 0 Å². The lowest BCUT2D eigenvalue weighted by Crippen LogP contribution is -2.44. The molecule has 2 aromatic carbocycles. The molecule has 0 aliphatic carbocycles. The van der Waals surface area contributed by atoms with Crippen molar-refractivity contribution in [2.45, 2.75) is 31.8 Å². The van der Waals surface area contributed by atoms with Gasteiger partial charge in [-0.25, -0.2) is 4.79 Å². The van der Waals surface area contributed by atoms with Crippen molar-refractivity contribution in [1.82, 2.24) is 25.5 Å². The standard InChI is InChI=1S/C24H26Cl2N6O5/c1-31(2)16-8-6-15(7-9-16)10-11-37-24(36)27-20(13-23(34)35)21(33)14-32-29-22(28-30-32)12-17-18(25)4-3-5-19(17)26/h3-9,20H,10-14H2,1-2H3,(H,27,36)(H,34,35). The summed E-state index contributed by atoms with van der Waals surface area (Å²) in [7, 11) is 3.87. The zero-order chi connectivity index (χ0) is 26.9. The van der Waals surface area contributed by atoms with Gasteiger partial charge in [0.25, 0.3) is 0 Å². The van der Waals surface area contributed by atoms with Gasteiger partial charge >= 0.3 is 12.1 Å². The van der Waals surface area contributed by atoms with Gasteiger partial charge in [0.15, 0.2) is 11.6 Å². The van der Waals surface area contributed by atoms with E-state index in [1.807, 2.05) is 43.3 Å². The first-order valence-corrected chi connectivity index (χ1v) is 12.0. The predicted octanol–water partition coefficient (Wildman–Crippen LogP) is 3.02. The number of rotatable bonds is 12. The topological polar surface area (TPSA) is 140 Å². The van der Waals surface area contributed by atoms with Gasteiger partial charge in [-0.05, 0) is 40.6 Å². The molecular formula is C24H26Cl2N6O5. The molecule has 0 aliphatic heterocycles. The normalized spacial score (nSPS) is 11.6. The number of ketones is 1. The lowest BCUT2D eigenvalue weighted by Gasteiger charge is -2.16. The summed E-state index contributed by atoms with van der Waals surface area (Å²) in [6.45, 7) is -0.348. The van der Waals surface area contributed by atoms with Gasteiger partial charge in [-0.2, -0.15) is 4.80 Å². The Morgan fingerprint density at radius 1 is 1.11 bits per heavy atom. The van der Waals surface area contributed by atoms with Crippen LogP contribution in [0.2, 0.25) is 10.0 Å². The SMILES string of the molecule is CN(C)c1ccc(CCOC(=O)NC(CC(=O)O)C(=O)Cn2nnc(Cc3c(Cl)cccc3Cl)n2)cc1. The van der Waals surface area contributed by atoms with Crippen LogP contribution in [0.1, 0.15) is 23.4 Å². The molecule has 1 amide bonds. The minimum absolute atomic E-state index is 0.0553. The molecule has 37 heavy (non-hydrogen) atoms. The van der Waals surface area contributed by atoms with Crippen LogP contribution in [0.15, 0.2) is 42.5 Å². The van der Waals surface area contributed by atoms with E-state index in [1.165, 1.54) is 0 Å². The number of aliphatic carboxylic acids is 1. The minimum atomic E-state index is -1.34. The second-order valence-corrected chi connectivity index (χ2v) is 9.14. The fraction of sp³-hybridized carbons (Fsp3) is 0.333. The molecular weight excluding hydrogens is 523 g/mol. The first kappa shape index (κ1) is 27.9. The number of Topliss-reactive ketones (excluding diaryl/α,β-unsaturated/α-hetero) is 1. The van der Waals surface area contributed by atoms with Crippen LogP contribution >= 0.6 is 23.2 Å². The highest BCUT2D eigenvalue weighted by molar-refractivity contribution is 6.36. The molecule has 11 nitrogen and oxygen atoms in total. The van der Waals surface area contributed by atoms with E-state index in [2.05, 4.69) is 20.7 Å². The molecule has 1 atom stereocenters. The maximum absolute atomic E-state index is 12.7. The molecule has 2 N–H and O–H groups in total. The second kappa shape index (κ2) is 13.0. The Kier molecular flexibility index (Phi) is 9.81. The van der Waals surface area contributed by atoms with Crippen molar-refractivity contribution in [1.29, 1.82) is 0 Å². The highest BCUT2D eigenvalue weighted by Crippen LogP contribution is 2.25. The summed E-state index contributed by atoms with van der Waals surface area (Å²) in [6, 6.07) is 11.5. The highest BCUT2D eigenvalue weighted by Gasteiger charge is 2.25. The largest absolute Gasteiger partial charge is 0.481 e. The number of carbonyl (C=O) groups excluding carboxylic acids is 2. The predicted molar refractivity (Wildman–Crippen MR) is 137 cm³/mol. The number of nitrogens with one attached hydrogen (secondary N) is 1. The Labute approximate surface area is 223 Å². The van der Waals surface area contributed by atoms with Gasteiger partial charge in [0.1, 0.15) is 12.6 Å². The molecule has 0 radical (unpaired) electrons. The maximum atomic E-state index is 12.7. The van der Waals surface area contributed by atoms with Crippen LogP contribution in [0, 0.1) is 0 Å². The smallest absolute Gasteiger partial charge is 0.407 e. The summed E-state index contributed by atoms with van der Waals surface area (Å²) >= 11 is 12.3. The number of amides is 1. The molecule has 196 valence electrons. The molecule has 3 rings (SSSR count). The third kappa shape index (κ3) is 8.43. The lowest BCUT2D eigenvalue weighted by atomic mass is 10.1. The number of alkyl carbamates (subject to hydrolysis) is 1. The molecule has 0 saturated carbocycles. The molecule has 0 bridgehead atoms. The molecule has 1 unspecified atom stereocenters. The number of hydrogen-bond acceptors (Lipinski definition) is 8. The fourth-order valence-corrected chi connectivity index (χ4v) is 3.88. The number of hydrogen-bond donors (Lipinski definition) is 2. The second-order valence-electron chi connectivity index (χ2n) is 8.32. The Balaban J connectivity index is 1.54. The van der Waals surface area contributed by atoms with Crippen LogP contribution in [0.3, 0.4) is 0 Å². The van der Waals surface area contributed by atoms with Crippen molar-refractivity contribution in [2.24, 2.45) is 0 Å². The van der Waals surface area contributed by atoms with Crippen molar-refractivity contribution < 1.29 is 24.2 Å². The first-order valence-electron chi connectivity index (χ1n) is 11.3. The van der Waals surface area contributed by atoms with E-state index in [0.717, 1.165) is 16.0 Å². The van der Waals surface area contributed by atoms with Crippen molar-refractivity contribution in [2.75, 3.05) is 25.6 Å². The Morgan fingerprint density at radius 2 is 1.78 bits per heavy atom. The van der Waals surface area contributed by atoms with Gasteiger partial charge in [0.2, 0.25) is 0 Å². The number of nitrogens with zero attached hydrogens (tertiary/aromatic N) is 5. The van der Waals surface area contributed by atoms with Crippen LogP contribution in [0.25, 0.3) is 0 Å². The number of carbonyl (C=O) groups is 3. The zero-order valence-electron chi connectivity index (χ0n) is 20.2. The summed E-state index contributed by atoms with van der Waals surface area (Å²) < 4.78 is 5.15. The van der Waals surface area contributed by atoms with E-state index in [9.17, 15) is 19.5 Å². The Hall–Kier alpha value is -3.70. The van der Waals surface area contributed by atoms with Gasteiger partial charge in [0.05, 0.1) is 13.0 Å². The molecule has 0 aliphatic rings. The maximum Gasteiger partial charge on any atom is 0.407 e. The summed E-state index contributed by atoms with van der Waals surface area (Å²) in [5.41, 5.74) is 2.61. The van der Waals surface area contributed by atoms with Gasteiger partial charge < -0.3 is 20.1 Å². The van der Waals surface area contributed by atoms with Gasteiger partial charge in [-0.15, -0.1) is 10.2 Å². The Morgan fingerprint density at radius 3 is 2.41 bits per heavy atom. The lowest BCUT2D eigenvalue weighted by molar-refractivity contribution is -0.139. The van der Waals surface area contributed by atoms with Gasteiger partial charge in [0, 0.05) is 42.7 Å². The number of ether oxygens (including phenoxy) is 1. The molecule has 0 saturated heterocycles. The highest BCUT2D eigenvalue weighted by atomic mass is 35.5. The Bertz CT molecular complexity index is 1230. The number of carboxylic acid groups (broad SMARTS) is 1. The molecule has 3 aromatic rings. The monoisotopic (exact) mass is 548 g/mol. The quantitative estimate of drug-likeness (QED) is 0.349. The van der Waals surface area contributed by atoms with Crippen molar-refractivity contribution in [3.05, 3.63) is 69.5 Å². The van der Waals surface area contributed by atoms with Crippen LogP contribution in [0.5, 0.6) is 0 Å². The van der Waals surface area contributed by atoms with Crippen molar-refractivity contribution >= 4 is 46.7 Å². The number of tetrazole rings is 1. The summed E-state index contributed by atoms with van der Waals surface area (Å²) in [4.78, 5) is 39.2. The molecule has 0 fully saturated rings. The summed E-state index contributed by atoms with van der Waals surface area (Å²) in [6.07, 6.45) is -0.880. The fourth-order valence-electron chi connectivity index (χ4n) is 3.35. The van der Waals surface area contributed by atoms with E-state index < -0.39 is 36.9 Å². The average molecular weight is 549 g/mol. The average Bonchev–Trinajstić information content (AvgIpc) is 3.28. The zero-order valence-corrected chi connectivity index (χ0v) is 21.7. The van der Waals surface area contributed by atoms with E-state index in [4.69, 9.17) is 27.9 Å².